The molecule has 1 rings (SSSR count). The zero-order chi connectivity index (χ0) is 16.4. The summed E-state index contributed by atoms with van der Waals surface area (Å²) in [6, 6.07) is 5.27. The Bertz CT molecular complexity index is 530. The minimum Gasteiger partial charge on any atom is -0.370 e. The van der Waals surface area contributed by atoms with Gasteiger partial charge in [0.15, 0.2) is 5.96 Å². The summed E-state index contributed by atoms with van der Waals surface area (Å²) in [5, 5.41) is 6.10. The second-order valence-electron chi connectivity index (χ2n) is 4.71. The van der Waals surface area contributed by atoms with Crippen molar-refractivity contribution in [3.05, 3.63) is 29.6 Å². The number of halogens is 1. The predicted octanol–water partition coefficient (Wildman–Crippen LogP) is 2.36. The largest absolute Gasteiger partial charge is 0.370 e. The lowest BCUT2D eigenvalue weighted by Gasteiger charge is -2.21. The molecule has 2 N–H and O–H groups in total. The van der Waals surface area contributed by atoms with Crippen LogP contribution in [0.4, 0.5) is 10.1 Å². The van der Waals surface area contributed by atoms with Crippen LogP contribution in [0.25, 0.3) is 0 Å². The van der Waals surface area contributed by atoms with Gasteiger partial charge in [0, 0.05) is 19.6 Å². The zero-order valence-electron chi connectivity index (χ0n) is 13.6. The van der Waals surface area contributed by atoms with E-state index in [1.807, 2.05) is 37.8 Å². The van der Waals surface area contributed by atoms with Crippen molar-refractivity contribution >= 4 is 11.6 Å². The van der Waals surface area contributed by atoms with Crippen LogP contribution in [-0.2, 0) is 6.54 Å². The van der Waals surface area contributed by atoms with Crippen LogP contribution in [-0.4, -0.2) is 32.1 Å². The van der Waals surface area contributed by atoms with Crippen LogP contribution in [0, 0.1) is 18.2 Å². The Morgan fingerprint density at radius 3 is 2.55 bits per heavy atom. The minimum atomic E-state index is -0.210. The van der Waals surface area contributed by atoms with Gasteiger partial charge in [0.1, 0.15) is 5.82 Å². The number of benzene rings is 1. The second kappa shape index (κ2) is 9.67. The Morgan fingerprint density at radius 1 is 1.27 bits per heavy atom. The van der Waals surface area contributed by atoms with E-state index >= 15 is 0 Å². The number of rotatable bonds is 7. The van der Waals surface area contributed by atoms with E-state index in [4.69, 9.17) is 6.42 Å². The van der Waals surface area contributed by atoms with Crippen LogP contribution in [0.3, 0.4) is 0 Å². The molecule has 120 valence electrons. The SMILES string of the molecule is C#CCNC(=NCc1ccc(N(CC)CC)c(F)c1)NCC. The summed E-state index contributed by atoms with van der Waals surface area (Å²) >= 11 is 0. The van der Waals surface area contributed by atoms with Crippen molar-refractivity contribution in [3.8, 4) is 12.3 Å². The van der Waals surface area contributed by atoms with Crippen LogP contribution in [0.2, 0.25) is 0 Å². The number of nitrogens with one attached hydrogen (secondary N) is 2. The monoisotopic (exact) mass is 304 g/mol. The van der Waals surface area contributed by atoms with Gasteiger partial charge in [0.05, 0.1) is 18.8 Å². The average Bonchev–Trinajstić information content (AvgIpc) is 2.53. The van der Waals surface area contributed by atoms with Gasteiger partial charge in [-0.15, -0.1) is 6.42 Å². The number of terminal acetylenes is 1. The zero-order valence-corrected chi connectivity index (χ0v) is 13.6. The van der Waals surface area contributed by atoms with Crippen LogP contribution < -0.4 is 15.5 Å². The number of nitrogens with zero attached hydrogens (tertiary/aromatic N) is 2. The highest BCUT2D eigenvalue weighted by atomic mass is 19.1. The molecule has 0 atom stereocenters. The highest BCUT2D eigenvalue weighted by Gasteiger charge is 2.09. The molecule has 5 heteroatoms. The topological polar surface area (TPSA) is 39.7 Å². The van der Waals surface area contributed by atoms with Crippen LogP contribution in [0.5, 0.6) is 0 Å². The first kappa shape index (κ1) is 17.8. The van der Waals surface area contributed by atoms with Crippen molar-refractivity contribution in [2.24, 2.45) is 4.99 Å². The van der Waals surface area contributed by atoms with Gasteiger partial charge in [-0.25, -0.2) is 9.38 Å². The number of aliphatic imine (C=N–C) groups is 1. The average molecular weight is 304 g/mol. The number of hydrogen-bond donors (Lipinski definition) is 2. The van der Waals surface area contributed by atoms with E-state index in [0.717, 1.165) is 25.2 Å². The first-order chi connectivity index (χ1) is 10.7. The van der Waals surface area contributed by atoms with E-state index in [0.29, 0.717) is 24.7 Å². The van der Waals surface area contributed by atoms with Gasteiger partial charge in [-0.05, 0) is 38.5 Å². The maximum atomic E-state index is 14.2. The summed E-state index contributed by atoms with van der Waals surface area (Å²) in [5.41, 5.74) is 1.46. The highest BCUT2D eigenvalue weighted by Crippen LogP contribution is 2.20. The smallest absolute Gasteiger partial charge is 0.192 e. The van der Waals surface area contributed by atoms with Gasteiger partial charge >= 0.3 is 0 Å². The maximum absolute atomic E-state index is 14.2. The fourth-order valence-corrected chi connectivity index (χ4v) is 2.12. The molecule has 0 heterocycles. The molecule has 1 aromatic carbocycles. The van der Waals surface area contributed by atoms with Crippen LogP contribution >= 0.6 is 0 Å². The predicted molar refractivity (Wildman–Crippen MR) is 91.6 cm³/mol. The van der Waals surface area contributed by atoms with Crippen molar-refractivity contribution in [3.63, 3.8) is 0 Å². The van der Waals surface area contributed by atoms with Crippen LogP contribution in [0.1, 0.15) is 26.3 Å². The Balaban J connectivity index is 2.81. The van der Waals surface area contributed by atoms with E-state index < -0.39 is 0 Å². The molecule has 0 saturated heterocycles. The molecule has 0 unspecified atom stereocenters. The Kier molecular flexibility index (Phi) is 7.84. The van der Waals surface area contributed by atoms with Crippen molar-refractivity contribution in [2.75, 3.05) is 31.1 Å². The molecule has 0 aliphatic rings. The molecule has 4 nitrogen and oxygen atoms in total. The number of guanidine groups is 1. The summed E-state index contributed by atoms with van der Waals surface area (Å²) in [4.78, 5) is 6.38. The Hall–Kier alpha value is -2.22. The molecule has 0 spiro atoms. The molecule has 0 bridgehead atoms. The van der Waals surface area contributed by atoms with E-state index in [1.165, 1.54) is 0 Å². The third-order valence-corrected chi connectivity index (χ3v) is 3.24. The summed E-state index contributed by atoms with van der Waals surface area (Å²) in [7, 11) is 0. The van der Waals surface area contributed by atoms with Gasteiger partial charge in [-0.3, -0.25) is 0 Å². The molecule has 0 amide bonds. The standard InChI is InChI=1S/C17H25FN4/c1-5-11-20-17(19-6-2)21-13-14-9-10-16(15(18)12-14)22(7-3)8-4/h1,9-10,12H,6-8,11,13H2,2-4H3,(H2,19,20,21). The van der Waals surface area contributed by atoms with E-state index in [1.54, 1.807) is 6.07 Å². The lowest BCUT2D eigenvalue weighted by molar-refractivity contribution is 0.617. The van der Waals surface area contributed by atoms with E-state index in [2.05, 4.69) is 21.5 Å². The first-order valence-corrected chi connectivity index (χ1v) is 7.65. The van der Waals surface area contributed by atoms with Gasteiger partial charge in [-0.2, -0.15) is 0 Å². The van der Waals surface area contributed by atoms with Crippen molar-refractivity contribution < 1.29 is 4.39 Å². The van der Waals surface area contributed by atoms with Gasteiger partial charge in [0.25, 0.3) is 0 Å². The van der Waals surface area contributed by atoms with Crippen molar-refractivity contribution in [1.82, 2.24) is 10.6 Å². The molecular weight excluding hydrogens is 279 g/mol. The maximum Gasteiger partial charge on any atom is 0.192 e. The summed E-state index contributed by atoms with van der Waals surface area (Å²) in [6.07, 6.45) is 5.22. The second-order valence-corrected chi connectivity index (χ2v) is 4.71. The lowest BCUT2D eigenvalue weighted by Crippen LogP contribution is -2.37. The third-order valence-electron chi connectivity index (χ3n) is 3.24. The molecule has 0 aromatic heterocycles. The van der Waals surface area contributed by atoms with E-state index in [9.17, 15) is 4.39 Å². The molecule has 0 aliphatic carbocycles. The Morgan fingerprint density at radius 2 is 2.00 bits per heavy atom. The highest BCUT2D eigenvalue weighted by molar-refractivity contribution is 5.80. The normalized spacial score (nSPS) is 11.0. The summed E-state index contributed by atoms with van der Waals surface area (Å²) < 4.78 is 14.2. The molecule has 0 fully saturated rings. The fourth-order valence-electron chi connectivity index (χ4n) is 2.12. The number of hydrogen-bond acceptors (Lipinski definition) is 2. The molecule has 0 radical (unpaired) electrons. The third kappa shape index (κ3) is 5.28. The van der Waals surface area contributed by atoms with Gasteiger partial charge in [-0.1, -0.05) is 12.0 Å². The molecule has 1 aromatic rings. The van der Waals surface area contributed by atoms with E-state index in [-0.39, 0.29) is 5.82 Å². The van der Waals surface area contributed by atoms with Gasteiger partial charge < -0.3 is 15.5 Å². The minimum absolute atomic E-state index is 0.210. The molecule has 0 aliphatic heterocycles. The van der Waals surface area contributed by atoms with Crippen molar-refractivity contribution in [2.45, 2.75) is 27.3 Å². The molecule has 22 heavy (non-hydrogen) atoms. The summed E-state index contributed by atoms with van der Waals surface area (Å²) in [5.74, 6) is 2.92. The van der Waals surface area contributed by atoms with Crippen LogP contribution in [0.15, 0.2) is 23.2 Å². The lowest BCUT2D eigenvalue weighted by atomic mass is 10.2. The Labute approximate surface area is 132 Å². The first-order valence-electron chi connectivity index (χ1n) is 7.65. The quantitative estimate of drug-likeness (QED) is 0.461. The van der Waals surface area contributed by atoms with Gasteiger partial charge in [0.2, 0.25) is 0 Å². The molecule has 0 saturated carbocycles. The molecular formula is C17H25FN4. The number of anilines is 1. The van der Waals surface area contributed by atoms with Crippen molar-refractivity contribution in [1.29, 1.82) is 0 Å². The fraction of sp³-hybridized carbons (Fsp3) is 0.471. The summed E-state index contributed by atoms with van der Waals surface area (Å²) in [6.45, 7) is 9.12.